The van der Waals surface area contributed by atoms with Crippen molar-refractivity contribution in [3.8, 4) is 5.75 Å². The number of oxazole rings is 1. The molecular formula is C33H29FN4O7. The number of fused-ring (bicyclic) bond motifs is 4. The van der Waals surface area contributed by atoms with Crippen molar-refractivity contribution in [3.05, 3.63) is 112 Å². The normalized spacial score (nSPS) is 22.6. The van der Waals surface area contributed by atoms with Gasteiger partial charge in [0.05, 0.1) is 0 Å². The van der Waals surface area contributed by atoms with Gasteiger partial charge >= 0.3 is 12.1 Å². The summed E-state index contributed by atoms with van der Waals surface area (Å²) in [7, 11) is 0. The van der Waals surface area contributed by atoms with Gasteiger partial charge in [-0.15, -0.1) is 0 Å². The summed E-state index contributed by atoms with van der Waals surface area (Å²) in [5.74, 6) is -2.38. The Morgan fingerprint density at radius 2 is 1.91 bits per heavy atom. The maximum atomic E-state index is 14.8. The SMILES string of the molecule is CC(C)[C@@H]1NC(=O)[C@@H](NC(=O)OCc2ccccc2)Cc2ccc3c(c2)[C@@]2(c4cc(F)ccc4N[C@@H]2O3)c2oc1nc2C(=O)O. The Balaban J connectivity index is 1.36. The molecule has 4 bridgehead atoms. The fraction of sp³-hybridized carbons (Fsp3) is 0.273. The van der Waals surface area contributed by atoms with E-state index in [4.69, 9.17) is 13.9 Å². The molecule has 0 unspecified atom stereocenters. The van der Waals surface area contributed by atoms with Gasteiger partial charge in [0.1, 0.15) is 35.7 Å². The lowest BCUT2D eigenvalue weighted by atomic mass is 9.72. The van der Waals surface area contributed by atoms with Crippen LogP contribution in [0.1, 0.15) is 64.3 Å². The van der Waals surface area contributed by atoms with Crippen molar-refractivity contribution >= 4 is 23.7 Å². The molecule has 7 rings (SSSR count). The van der Waals surface area contributed by atoms with E-state index in [0.29, 0.717) is 28.1 Å². The number of halogens is 1. The molecule has 3 aromatic carbocycles. The highest BCUT2D eigenvalue weighted by molar-refractivity contribution is 5.89. The quantitative estimate of drug-likeness (QED) is 0.252. The molecule has 0 aliphatic carbocycles. The molecule has 1 aromatic heterocycles. The molecule has 2 amide bonds. The van der Waals surface area contributed by atoms with Crippen molar-refractivity contribution in [2.24, 2.45) is 5.92 Å². The summed E-state index contributed by atoms with van der Waals surface area (Å²) in [5, 5.41) is 19.2. The molecule has 4 atom stereocenters. The van der Waals surface area contributed by atoms with Gasteiger partial charge in [-0.3, -0.25) is 4.79 Å². The first kappa shape index (κ1) is 28.4. The van der Waals surface area contributed by atoms with Gasteiger partial charge in [-0.25, -0.2) is 19.0 Å². The molecule has 1 spiro atoms. The first-order chi connectivity index (χ1) is 21.6. The van der Waals surface area contributed by atoms with Crippen molar-refractivity contribution in [1.29, 1.82) is 0 Å². The van der Waals surface area contributed by atoms with Crippen LogP contribution >= 0.6 is 0 Å². The molecule has 12 heteroatoms. The van der Waals surface area contributed by atoms with Gasteiger partial charge in [-0.05, 0) is 41.3 Å². The molecule has 0 fully saturated rings. The second-order valence-electron chi connectivity index (χ2n) is 11.7. The number of carboxylic acids is 1. The molecule has 4 aromatic rings. The fourth-order valence-electron chi connectivity index (χ4n) is 6.37. The molecule has 0 saturated carbocycles. The van der Waals surface area contributed by atoms with Crippen LogP contribution in [0.15, 0.2) is 71.1 Å². The number of ether oxygens (including phenoxy) is 2. The Morgan fingerprint density at radius 3 is 2.67 bits per heavy atom. The van der Waals surface area contributed by atoms with Gasteiger partial charge in [0.25, 0.3) is 0 Å². The standard InChI is InChI=1S/C33H29FN4O7/c1-16(2)25-29-38-26(30(40)41)27(45-29)33-20-14-19(34)9-10-22(20)35-31(33)44-24-11-8-18(12-21(24)33)13-23(28(39)37-25)36-32(42)43-15-17-6-4-3-5-7-17/h3-12,14,16,23,25,31,35H,13,15H2,1-2H3,(H,36,42)(H,37,39)(H,40,41)/t23-,25-,31+,33-/m0/s1. The predicted molar refractivity (Wildman–Crippen MR) is 157 cm³/mol. The van der Waals surface area contributed by atoms with E-state index in [-0.39, 0.29) is 36.3 Å². The minimum absolute atomic E-state index is 0.00967. The molecule has 0 saturated heterocycles. The largest absolute Gasteiger partial charge is 0.476 e. The number of hydrogen-bond donors (Lipinski definition) is 4. The Kier molecular flexibility index (Phi) is 6.72. The smallest absolute Gasteiger partial charge is 0.408 e. The highest BCUT2D eigenvalue weighted by atomic mass is 19.1. The number of amides is 2. The Bertz CT molecular complexity index is 1840. The van der Waals surface area contributed by atoms with E-state index < -0.39 is 47.5 Å². The molecule has 230 valence electrons. The van der Waals surface area contributed by atoms with E-state index in [1.165, 1.54) is 12.1 Å². The van der Waals surface area contributed by atoms with Gasteiger partial charge in [0.2, 0.25) is 11.8 Å². The molecular weight excluding hydrogens is 583 g/mol. The van der Waals surface area contributed by atoms with Crippen LogP contribution in [0, 0.1) is 11.7 Å². The van der Waals surface area contributed by atoms with Crippen LogP contribution in [0.3, 0.4) is 0 Å². The number of alkyl carbamates (subject to hydrolysis) is 1. The zero-order valence-corrected chi connectivity index (χ0v) is 24.3. The number of anilines is 1. The van der Waals surface area contributed by atoms with E-state index in [1.54, 1.807) is 24.3 Å². The number of benzene rings is 3. The van der Waals surface area contributed by atoms with Gasteiger partial charge in [0, 0.05) is 23.2 Å². The number of carboxylic acid groups (broad SMARTS) is 1. The van der Waals surface area contributed by atoms with E-state index in [1.807, 2.05) is 44.2 Å². The van der Waals surface area contributed by atoms with Gasteiger partial charge in [-0.1, -0.05) is 56.3 Å². The monoisotopic (exact) mass is 612 g/mol. The third-order valence-corrected chi connectivity index (χ3v) is 8.50. The number of rotatable bonds is 5. The molecule has 0 radical (unpaired) electrons. The average Bonchev–Trinajstić information content (AvgIpc) is 3.68. The zero-order valence-electron chi connectivity index (χ0n) is 24.3. The van der Waals surface area contributed by atoms with Crippen molar-refractivity contribution in [2.75, 3.05) is 5.32 Å². The minimum atomic E-state index is -1.43. The van der Waals surface area contributed by atoms with E-state index in [0.717, 1.165) is 5.56 Å². The van der Waals surface area contributed by atoms with Crippen molar-refractivity contribution < 1.29 is 37.8 Å². The minimum Gasteiger partial charge on any atom is -0.476 e. The summed E-state index contributed by atoms with van der Waals surface area (Å²) in [4.78, 5) is 43.8. The van der Waals surface area contributed by atoms with Crippen LogP contribution in [0.5, 0.6) is 5.75 Å². The lowest BCUT2D eigenvalue weighted by Crippen LogP contribution is -2.49. The number of carbonyl (C=O) groups is 3. The third-order valence-electron chi connectivity index (χ3n) is 8.50. The summed E-state index contributed by atoms with van der Waals surface area (Å²) in [6, 6.07) is 16.6. The van der Waals surface area contributed by atoms with Crippen LogP contribution < -0.4 is 20.7 Å². The van der Waals surface area contributed by atoms with Crippen LogP contribution in [-0.4, -0.2) is 40.3 Å². The van der Waals surface area contributed by atoms with E-state index in [9.17, 15) is 23.9 Å². The maximum absolute atomic E-state index is 14.8. The Labute approximate surface area is 256 Å². The molecule has 4 N–H and O–H groups in total. The summed E-state index contributed by atoms with van der Waals surface area (Å²) >= 11 is 0. The highest BCUT2D eigenvalue weighted by Crippen LogP contribution is 2.58. The van der Waals surface area contributed by atoms with Crippen LogP contribution in [0.25, 0.3) is 0 Å². The van der Waals surface area contributed by atoms with E-state index >= 15 is 0 Å². The first-order valence-electron chi connectivity index (χ1n) is 14.5. The second kappa shape index (κ2) is 10.7. The Hall–Kier alpha value is -5.39. The number of nitrogens with zero attached hydrogens (tertiary/aromatic N) is 1. The summed E-state index contributed by atoms with van der Waals surface area (Å²) in [6.07, 6.45) is -1.60. The third kappa shape index (κ3) is 4.64. The van der Waals surface area contributed by atoms with Crippen LogP contribution in [-0.2, 0) is 28.0 Å². The average molecular weight is 613 g/mol. The second-order valence-corrected chi connectivity index (χ2v) is 11.7. The van der Waals surface area contributed by atoms with Crippen molar-refractivity contribution in [3.63, 3.8) is 0 Å². The number of aromatic nitrogens is 1. The molecule has 45 heavy (non-hydrogen) atoms. The van der Waals surface area contributed by atoms with Gasteiger partial charge in [0.15, 0.2) is 17.7 Å². The lowest BCUT2D eigenvalue weighted by Gasteiger charge is -2.28. The van der Waals surface area contributed by atoms with Gasteiger partial charge < -0.3 is 34.9 Å². The van der Waals surface area contributed by atoms with Crippen LogP contribution in [0.4, 0.5) is 14.9 Å². The topological polar surface area (TPSA) is 152 Å². The van der Waals surface area contributed by atoms with Crippen molar-refractivity contribution in [1.82, 2.24) is 15.6 Å². The molecule has 3 aliphatic heterocycles. The van der Waals surface area contributed by atoms with Gasteiger partial charge in [-0.2, -0.15) is 0 Å². The molecule has 11 nitrogen and oxygen atoms in total. The van der Waals surface area contributed by atoms with E-state index in [2.05, 4.69) is 20.9 Å². The highest BCUT2D eigenvalue weighted by Gasteiger charge is 2.61. The fourth-order valence-corrected chi connectivity index (χ4v) is 6.37. The first-order valence-corrected chi connectivity index (χ1v) is 14.5. The number of nitrogens with one attached hydrogen (secondary N) is 3. The summed E-state index contributed by atoms with van der Waals surface area (Å²) < 4.78 is 32.9. The molecule has 4 heterocycles. The summed E-state index contributed by atoms with van der Waals surface area (Å²) in [6.45, 7) is 3.65. The maximum Gasteiger partial charge on any atom is 0.408 e. The Morgan fingerprint density at radius 1 is 1.11 bits per heavy atom. The van der Waals surface area contributed by atoms with Crippen LogP contribution in [0.2, 0.25) is 0 Å². The predicted octanol–water partition coefficient (Wildman–Crippen LogP) is 4.65. The van der Waals surface area contributed by atoms with Crippen molar-refractivity contribution in [2.45, 2.75) is 50.6 Å². The summed E-state index contributed by atoms with van der Waals surface area (Å²) in [5.41, 5.74) is 1.09. The molecule has 3 aliphatic rings. The number of carbonyl (C=O) groups excluding carboxylic acids is 2. The zero-order chi connectivity index (χ0) is 31.5. The lowest BCUT2D eigenvalue weighted by molar-refractivity contribution is -0.124. The number of hydrogen-bond acceptors (Lipinski definition) is 8. The number of aromatic carboxylic acids is 1.